The molecule has 0 aromatic heterocycles. The first-order chi connectivity index (χ1) is 7.01. The first-order valence-corrected chi connectivity index (χ1v) is 6.81. The van der Waals surface area contributed by atoms with Gasteiger partial charge in [-0.15, -0.1) is 0 Å². The fourth-order valence-corrected chi connectivity index (χ4v) is 2.21. The normalized spacial score (nSPS) is 24.7. The van der Waals surface area contributed by atoms with Gasteiger partial charge in [0.15, 0.2) is 0 Å². The van der Waals surface area contributed by atoms with Crippen LogP contribution in [0.5, 0.6) is 0 Å². The Balaban J connectivity index is 2.29. The van der Waals surface area contributed by atoms with Gasteiger partial charge in [0.25, 0.3) is 0 Å². The van der Waals surface area contributed by atoms with Gasteiger partial charge in [0.05, 0.1) is 12.6 Å². The Kier molecular flexibility index (Phi) is 4.46. The van der Waals surface area contributed by atoms with Crippen molar-refractivity contribution in [2.75, 3.05) is 18.6 Å². The molecule has 0 spiro atoms. The van der Waals surface area contributed by atoms with Crippen molar-refractivity contribution in [1.82, 2.24) is 5.32 Å². The second kappa shape index (κ2) is 5.21. The third kappa shape index (κ3) is 3.68. The number of nitrogens with one attached hydrogen (secondary N) is 1. The number of carbonyl (C=O) groups is 1. The van der Waals surface area contributed by atoms with E-state index < -0.39 is 0 Å². The molecule has 1 amide bonds. The van der Waals surface area contributed by atoms with Crippen molar-refractivity contribution >= 4 is 17.7 Å². The maximum Gasteiger partial charge on any atom is 0.223 e. The van der Waals surface area contributed by atoms with Gasteiger partial charge in [-0.2, -0.15) is 11.8 Å². The predicted octanol–water partition coefficient (Wildman–Crippen LogP) is 1.26. The maximum absolute atomic E-state index is 11.7. The first kappa shape index (κ1) is 12.8. The van der Waals surface area contributed by atoms with Crippen LogP contribution < -0.4 is 5.32 Å². The van der Waals surface area contributed by atoms with Crippen molar-refractivity contribution in [2.45, 2.75) is 32.7 Å². The Labute approximate surface area is 96.0 Å². The molecule has 1 rings (SSSR count). The van der Waals surface area contributed by atoms with E-state index in [1.165, 1.54) is 0 Å². The molecule has 2 atom stereocenters. The third-order valence-electron chi connectivity index (χ3n) is 3.07. The number of aliphatic hydroxyl groups excluding tert-OH is 1. The van der Waals surface area contributed by atoms with E-state index in [4.69, 9.17) is 5.11 Å². The van der Waals surface area contributed by atoms with Gasteiger partial charge in [-0.05, 0) is 30.3 Å². The van der Waals surface area contributed by atoms with Crippen LogP contribution in [0, 0.1) is 11.3 Å². The Bertz CT molecular complexity index is 231. The Morgan fingerprint density at radius 3 is 2.67 bits per heavy atom. The van der Waals surface area contributed by atoms with Crippen molar-refractivity contribution in [3.63, 3.8) is 0 Å². The Morgan fingerprint density at radius 1 is 1.67 bits per heavy atom. The zero-order valence-electron chi connectivity index (χ0n) is 9.75. The number of hydrogen-bond acceptors (Lipinski definition) is 3. The molecule has 0 radical (unpaired) electrons. The van der Waals surface area contributed by atoms with E-state index in [0.717, 1.165) is 18.6 Å². The zero-order valence-corrected chi connectivity index (χ0v) is 10.6. The van der Waals surface area contributed by atoms with Crippen molar-refractivity contribution < 1.29 is 9.90 Å². The van der Waals surface area contributed by atoms with Crippen LogP contribution in [0.1, 0.15) is 26.7 Å². The molecule has 0 aromatic carbocycles. The highest BCUT2D eigenvalue weighted by atomic mass is 32.2. The number of rotatable bonds is 6. The van der Waals surface area contributed by atoms with E-state index >= 15 is 0 Å². The van der Waals surface area contributed by atoms with E-state index in [1.54, 1.807) is 11.8 Å². The van der Waals surface area contributed by atoms with Crippen LogP contribution in [0.3, 0.4) is 0 Å². The summed E-state index contributed by atoms with van der Waals surface area (Å²) in [6.07, 6.45) is 3.84. The lowest BCUT2D eigenvalue weighted by atomic mass is 10.1. The van der Waals surface area contributed by atoms with E-state index in [2.05, 4.69) is 19.2 Å². The molecule has 15 heavy (non-hydrogen) atoms. The molecule has 1 aliphatic carbocycles. The van der Waals surface area contributed by atoms with E-state index in [0.29, 0.717) is 0 Å². The lowest BCUT2D eigenvalue weighted by molar-refractivity contribution is -0.124. The fraction of sp³-hybridized carbons (Fsp3) is 0.909. The van der Waals surface area contributed by atoms with Crippen LogP contribution in [0.4, 0.5) is 0 Å². The highest BCUT2D eigenvalue weighted by Crippen LogP contribution is 2.51. The van der Waals surface area contributed by atoms with E-state index in [1.807, 2.05) is 6.26 Å². The number of hydrogen-bond donors (Lipinski definition) is 2. The van der Waals surface area contributed by atoms with Crippen molar-refractivity contribution in [1.29, 1.82) is 0 Å². The molecular formula is C11H21NO2S. The van der Waals surface area contributed by atoms with Gasteiger partial charge in [0, 0.05) is 5.92 Å². The number of amides is 1. The standard InChI is InChI=1S/C11H21NO2S/c1-11(2)6-9(11)10(14)12-8(7-13)4-5-15-3/h8-9,13H,4-7H2,1-3H3,(H,12,14)/t8-,9+/m0/s1. The van der Waals surface area contributed by atoms with E-state index in [9.17, 15) is 4.79 Å². The van der Waals surface area contributed by atoms with Crippen molar-refractivity contribution in [3.05, 3.63) is 0 Å². The summed E-state index contributed by atoms with van der Waals surface area (Å²) < 4.78 is 0. The second-order valence-electron chi connectivity index (χ2n) is 4.91. The highest BCUT2D eigenvalue weighted by Gasteiger charge is 2.50. The molecule has 0 aromatic rings. The van der Waals surface area contributed by atoms with Crippen LogP contribution in [0.25, 0.3) is 0 Å². The van der Waals surface area contributed by atoms with Crippen LogP contribution in [0.15, 0.2) is 0 Å². The maximum atomic E-state index is 11.7. The summed E-state index contributed by atoms with van der Waals surface area (Å²) in [5, 5.41) is 12.0. The summed E-state index contributed by atoms with van der Waals surface area (Å²) in [7, 11) is 0. The molecule has 0 saturated heterocycles. The van der Waals surface area contributed by atoms with E-state index in [-0.39, 0.29) is 29.9 Å². The molecule has 0 aliphatic heterocycles. The smallest absolute Gasteiger partial charge is 0.223 e. The summed E-state index contributed by atoms with van der Waals surface area (Å²) in [5.41, 5.74) is 0.170. The molecule has 3 nitrogen and oxygen atoms in total. The molecule has 0 heterocycles. The van der Waals surface area contributed by atoms with Crippen LogP contribution in [-0.2, 0) is 4.79 Å². The molecule has 88 valence electrons. The zero-order chi connectivity index (χ0) is 11.5. The fourth-order valence-electron chi connectivity index (χ4n) is 1.69. The molecule has 2 N–H and O–H groups in total. The van der Waals surface area contributed by atoms with Gasteiger partial charge in [0.1, 0.15) is 0 Å². The number of aliphatic hydroxyl groups is 1. The summed E-state index contributed by atoms with van der Waals surface area (Å²) in [6.45, 7) is 4.25. The van der Waals surface area contributed by atoms with Crippen molar-refractivity contribution in [2.24, 2.45) is 11.3 Å². The van der Waals surface area contributed by atoms with Gasteiger partial charge >= 0.3 is 0 Å². The summed E-state index contributed by atoms with van der Waals surface area (Å²) in [5.74, 6) is 1.24. The SMILES string of the molecule is CSCC[C@@H](CO)NC(=O)[C@H]1CC1(C)C. The third-order valence-corrected chi connectivity index (χ3v) is 3.71. The average Bonchev–Trinajstić information content (AvgIpc) is 2.82. The molecule has 4 heteroatoms. The molecule has 0 bridgehead atoms. The lowest BCUT2D eigenvalue weighted by Crippen LogP contribution is -2.39. The summed E-state index contributed by atoms with van der Waals surface area (Å²) in [6, 6.07) is -0.0682. The molecule has 1 aliphatic rings. The largest absolute Gasteiger partial charge is 0.394 e. The lowest BCUT2D eigenvalue weighted by Gasteiger charge is -2.16. The number of carbonyl (C=O) groups excluding carboxylic acids is 1. The predicted molar refractivity (Wildman–Crippen MR) is 63.9 cm³/mol. The van der Waals surface area contributed by atoms with Crippen LogP contribution in [-0.4, -0.2) is 35.7 Å². The van der Waals surface area contributed by atoms with Gasteiger partial charge in [-0.1, -0.05) is 13.8 Å². The summed E-state index contributed by atoms with van der Waals surface area (Å²) in [4.78, 5) is 11.7. The Hall–Kier alpha value is -0.220. The quantitative estimate of drug-likeness (QED) is 0.723. The number of thioether (sulfide) groups is 1. The summed E-state index contributed by atoms with van der Waals surface area (Å²) >= 11 is 1.73. The van der Waals surface area contributed by atoms with Crippen LogP contribution in [0.2, 0.25) is 0 Å². The molecule has 1 fully saturated rings. The average molecular weight is 231 g/mol. The van der Waals surface area contributed by atoms with Crippen molar-refractivity contribution in [3.8, 4) is 0 Å². The highest BCUT2D eigenvalue weighted by molar-refractivity contribution is 7.98. The van der Waals surface area contributed by atoms with Gasteiger partial charge in [0.2, 0.25) is 5.91 Å². The van der Waals surface area contributed by atoms with Gasteiger partial charge in [-0.3, -0.25) is 4.79 Å². The molecule has 0 unspecified atom stereocenters. The minimum Gasteiger partial charge on any atom is -0.394 e. The second-order valence-corrected chi connectivity index (χ2v) is 5.90. The minimum atomic E-state index is -0.0682. The van der Waals surface area contributed by atoms with Gasteiger partial charge in [-0.25, -0.2) is 0 Å². The molecule has 1 saturated carbocycles. The monoisotopic (exact) mass is 231 g/mol. The molecular weight excluding hydrogens is 210 g/mol. The Morgan fingerprint density at radius 2 is 2.27 bits per heavy atom. The van der Waals surface area contributed by atoms with Gasteiger partial charge < -0.3 is 10.4 Å². The minimum absolute atomic E-state index is 0.0411. The topological polar surface area (TPSA) is 49.3 Å². The van der Waals surface area contributed by atoms with Crippen LogP contribution >= 0.6 is 11.8 Å². The first-order valence-electron chi connectivity index (χ1n) is 5.41.